The average Bonchev–Trinajstić information content (AvgIpc) is 1.59. The molecule has 2 aliphatic carbocycles. The third-order valence-electron chi connectivity index (χ3n) is 16.6. The van der Waals surface area contributed by atoms with Crippen molar-refractivity contribution in [1.82, 2.24) is 41.3 Å². The molecule has 7 amide bonds. The van der Waals surface area contributed by atoms with E-state index in [9.17, 15) is 57.0 Å². The summed E-state index contributed by atoms with van der Waals surface area (Å²) in [4.78, 5) is 123. The minimum absolute atomic E-state index is 0. The van der Waals surface area contributed by atoms with E-state index in [2.05, 4.69) is 26.6 Å². The predicted octanol–water partition coefficient (Wildman–Crippen LogP) is 5.44. The van der Waals surface area contributed by atoms with E-state index in [1.807, 2.05) is 30.4 Å². The number of nitrogens with zero attached hydrogens (tertiary/aromatic N) is 3. The third-order valence-corrected chi connectivity index (χ3v) is 16.6. The van der Waals surface area contributed by atoms with E-state index < -0.39 is 118 Å². The van der Waals surface area contributed by atoms with Crippen molar-refractivity contribution in [2.45, 2.75) is 192 Å². The number of fused-ring (bicyclic) bond motifs is 6. The molecule has 2 aromatic carbocycles. The molecular weight excluding hydrogens is 1240 g/mol. The number of carbonyl (C=O) groups is 9. The van der Waals surface area contributed by atoms with Crippen LogP contribution >= 0.6 is 12.4 Å². The van der Waals surface area contributed by atoms with E-state index >= 15 is 0 Å². The Kier molecular flexibility index (Phi) is 24.8. The standard InChI is InChI=1S/C33H43FN4O9.C24H37N3O8.C8H8FN.ClH/c1-5-45-29(41)33-15-21(33)11-7-6-8-13-44-19-25(35-30(42)47-32(2,3)4)28(40)38-17-22(14-26(38)27(39)36-33)46-31(43)37-16-20-10-9-12-24(34)23(20)18-37;1-5-34-21(31)24-12-15(24)9-7-6-8-10-33-14-17(25-22(32)35-23(2,3)4)20(30)27-13-16(28)11-18(27)19(29)26-24;9-8-3-1-2-6-4-10-5-7(6)8;/h7,9-12,21-22,25-26H,5-6,8,13-19H2,1-4H3,(H,35,42)(H,36,39);7,9,15-18,28H,5-6,8,10-14H2,1-4H3,(H,25,32)(H,26,29);1-3,10H,4-5H2;1H/b11-7-;9-7-;;/t21-,22-,25+,26+,33-;15-,16-,17+,18+,24-;;/m11../s1. The molecule has 2 saturated carbocycles. The topological polar surface area (TPSA) is 308 Å². The monoisotopic (exact) mass is 1330 g/mol. The van der Waals surface area contributed by atoms with Crippen LogP contribution < -0.4 is 26.6 Å². The molecule has 0 unspecified atom stereocenters. The fourth-order valence-corrected chi connectivity index (χ4v) is 11.9. The maximum atomic E-state index is 14.3. The Labute approximate surface area is 546 Å². The molecule has 6 N–H and O–H groups in total. The summed E-state index contributed by atoms with van der Waals surface area (Å²) in [6.45, 7) is 15.6. The molecule has 4 fully saturated rings. The summed E-state index contributed by atoms with van der Waals surface area (Å²) in [5, 5.41) is 24.2. The van der Waals surface area contributed by atoms with E-state index in [-0.39, 0.29) is 102 Å². The number of alkyl carbamates (subject to hydrolysis) is 2. The van der Waals surface area contributed by atoms with Gasteiger partial charge in [0, 0.05) is 75.2 Å². The van der Waals surface area contributed by atoms with Crippen LogP contribution in [0.4, 0.5) is 23.2 Å². The first-order valence-electron chi connectivity index (χ1n) is 31.6. The Morgan fingerprint density at radius 3 is 1.63 bits per heavy atom. The summed E-state index contributed by atoms with van der Waals surface area (Å²) < 4.78 is 65.6. The zero-order valence-corrected chi connectivity index (χ0v) is 54.8. The first-order chi connectivity index (χ1) is 43.6. The molecule has 8 aliphatic rings. The Bertz CT molecular complexity index is 3130. The van der Waals surface area contributed by atoms with Crippen LogP contribution in [0.15, 0.2) is 60.7 Å². The molecule has 512 valence electrons. The molecule has 10 atom stereocenters. The summed E-state index contributed by atoms with van der Waals surface area (Å²) in [7, 11) is 0. The summed E-state index contributed by atoms with van der Waals surface area (Å²) in [5.74, 6) is -4.48. The van der Waals surface area contributed by atoms with E-state index in [0.717, 1.165) is 17.7 Å². The second-order valence-corrected chi connectivity index (χ2v) is 26.0. The van der Waals surface area contributed by atoms with Gasteiger partial charge in [0.25, 0.3) is 0 Å². The van der Waals surface area contributed by atoms with Gasteiger partial charge in [0.05, 0.1) is 45.6 Å². The van der Waals surface area contributed by atoms with Gasteiger partial charge in [-0.05, 0) is 117 Å². The number of carbonyl (C=O) groups excluding carboxylic acids is 9. The lowest BCUT2D eigenvalue weighted by Gasteiger charge is -2.30. The van der Waals surface area contributed by atoms with Crippen LogP contribution in [0, 0.1) is 23.5 Å². The number of aliphatic hydroxyl groups is 1. The lowest BCUT2D eigenvalue weighted by molar-refractivity contribution is -0.150. The summed E-state index contributed by atoms with van der Waals surface area (Å²) in [6, 6.07) is 5.35. The quantitative estimate of drug-likeness (QED) is 0.114. The molecule has 28 heteroatoms. The van der Waals surface area contributed by atoms with Gasteiger partial charge in [0.2, 0.25) is 23.6 Å². The van der Waals surface area contributed by atoms with Crippen molar-refractivity contribution in [3.8, 4) is 0 Å². The lowest BCUT2D eigenvalue weighted by atomic mass is 10.1. The maximum absolute atomic E-state index is 14.3. The van der Waals surface area contributed by atoms with Crippen molar-refractivity contribution >= 4 is 66.3 Å². The van der Waals surface area contributed by atoms with Gasteiger partial charge in [0.1, 0.15) is 64.2 Å². The molecule has 2 aromatic rings. The first-order valence-corrected chi connectivity index (χ1v) is 31.6. The van der Waals surface area contributed by atoms with Crippen LogP contribution in [0.25, 0.3) is 0 Å². The molecule has 0 bridgehead atoms. The number of nitrogens with one attached hydrogen (secondary N) is 5. The minimum Gasteiger partial charge on any atom is -0.464 e. The van der Waals surface area contributed by atoms with Crippen LogP contribution in [0.3, 0.4) is 0 Å². The maximum Gasteiger partial charge on any atom is 0.410 e. The fourth-order valence-electron chi connectivity index (χ4n) is 11.9. The van der Waals surface area contributed by atoms with Crippen molar-refractivity contribution in [2.24, 2.45) is 11.8 Å². The molecule has 0 spiro atoms. The summed E-state index contributed by atoms with van der Waals surface area (Å²) >= 11 is 0. The van der Waals surface area contributed by atoms with Crippen molar-refractivity contribution in [1.29, 1.82) is 0 Å². The highest BCUT2D eigenvalue weighted by atomic mass is 35.5. The molecule has 10 rings (SSSR count). The van der Waals surface area contributed by atoms with E-state index in [1.165, 1.54) is 26.8 Å². The van der Waals surface area contributed by atoms with Gasteiger partial charge in [-0.25, -0.2) is 32.8 Å². The molecule has 6 aliphatic heterocycles. The number of ether oxygens (including phenoxy) is 7. The Morgan fingerprint density at radius 2 is 1.15 bits per heavy atom. The van der Waals surface area contributed by atoms with Gasteiger partial charge in [-0.1, -0.05) is 48.6 Å². The van der Waals surface area contributed by atoms with Crippen molar-refractivity contribution in [3.05, 3.63) is 94.6 Å². The van der Waals surface area contributed by atoms with Gasteiger partial charge in [-0.15, -0.1) is 12.4 Å². The van der Waals surface area contributed by atoms with Gasteiger partial charge >= 0.3 is 30.2 Å². The average molecular weight is 1330 g/mol. The highest BCUT2D eigenvalue weighted by Gasteiger charge is 2.63. The largest absolute Gasteiger partial charge is 0.464 e. The zero-order valence-electron chi connectivity index (χ0n) is 54.0. The van der Waals surface area contributed by atoms with Crippen LogP contribution in [-0.4, -0.2) is 185 Å². The number of amides is 7. The van der Waals surface area contributed by atoms with Crippen LogP contribution in [0.2, 0.25) is 0 Å². The van der Waals surface area contributed by atoms with E-state index in [4.69, 9.17) is 33.2 Å². The molecule has 6 heterocycles. The van der Waals surface area contributed by atoms with E-state index in [1.54, 1.807) is 73.6 Å². The number of halogens is 3. The molecule has 2 saturated heterocycles. The highest BCUT2D eigenvalue weighted by Crippen LogP contribution is 2.47. The number of hydrogen-bond acceptors (Lipinski definition) is 18. The van der Waals surface area contributed by atoms with Crippen molar-refractivity contribution in [2.75, 3.05) is 52.7 Å². The van der Waals surface area contributed by atoms with Crippen molar-refractivity contribution in [3.63, 3.8) is 0 Å². The number of benzene rings is 2. The molecule has 0 radical (unpaired) electrons. The van der Waals surface area contributed by atoms with Crippen LogP contribution in [-0.2, 0) is 88.1 Å². The number of aliphatic hydroxyl groups excluding tert-OH is 1. The van der Waals surface area contributed by atoms with Gasteiger partial charge < -0.3 is 74.6 Å². The molecule has 0 aromatic heterocycles. The number of esters is 2. The van der Waals surface area contributed by atoms with Gasteiger partial charge in [0.15, 0.2) is 0 Å². The second-order valence-electron chi connectivity index (χ2n) is 26.0. The van der Waals surface area contributed by atoms with Gasteiger partial charge in [-0.2, -0.15) is 0 Å². The molecular formula is C65H89ClF2N8O17. The smallest absolute Gasteiger partial charge is 0.410 e. The normalized spacial score (nSPS) is 28.4. The van der Waals surface area contributed by atoms with Crippen LogP contribution in [0.5, 0.6) is 0 Å². The summed E-state index contributed by atoms with van der Waals surface area (Å²) in [6.07, 6.45) is 6.72. The Balaban J connectivity index is 0.000000233. The lowest BCUT2D eigenvalue weighted by Crippen LogP contribution is -2.57. The predicted molar refractivity (Wildman–Crippen MR) is 332 cm³/mol. The second kappa shape index (κ2) is 31.6. The highest BCUT2D eigenvalue weighted by molar-refractivity contribution is 5.98. The molecule has 25 nitrogen and oxygen atoms in total. The van der Waals surface area contributed by atoms with E-state index in [0.29, 0.717) is 62.8 Å². The van der Waals surface area contributed by atoms with Crippen LogP contribution in [0.1, 0.15) is 129 Å². The Hall–Kier alpha value is -7.46. The number of allylic oxidation sites excluding steroid dienone is 2. The Morgan fingerprint density at radius 1 is 0.667 bits per heavy atom. The van der Waals surface area contributed by atoms with Gasteiger partial charge in [-0.3, -0.25) is 24.1 Å². The zero-order chi connectivity index (χ0) is 66.7. The summed E-state index contributed by atoms with van der Waals surface area (Å²) in [5.41, 5.74) is -1.07. The first kappa shape index (κ1) is 73.0. The SMILES string of the molecule is CCOC(=O)[C@@]12C[C@H]1/C=C\CCCOC[C@H](NC(=O)OC(C)(C)C)C(=O)N1C[C@H](O)C[C@H]1C(=O)N2.CCOC(=O)[C@@]12C[C@H]1/C=C\CCCOC[C@H](NC(=O)OC(C)(C)C)C(=O)N1C[C@H](OC(=O)N3Cc4cccc(F)c4C3)C[C@H]1C(=O)N2.Cl.Fc1cccc2c1CNC2. The number of hydrogen-bond donors (Lipinski definition) is 6. The third kappa shape index (κ3) is 18.9. The fraction of sp³-hybridized carbons (Fsp3) is 0.615. The minimum atomic E-state index is -1.29. The number of rotatable bonds is 7. The molecule has 93 heavy (non-hydrogen) atoms. The van der Waals surface area contributed by atoms with Crippen molar-refractivity contribution < 1.29 is 90.2 Å².